The molecule has 0 bridgehead atoms. The lowest BCUT2D eigenvalue weighted by Crippen LogP contribution is -2.36. The zero-order valence-corrected chi connectivity index (χ0v) is 15.0. The summed E-state index contributed by atoms with van der Waals surface area (Å²) in [4.78, 5) is 17.1. The molecule has 24 heavy (non-hydrogen) atoms. The van der Waals surface area contributed by atoms with Gasteiger partial charge in [0.25, 0.3) is 5.91 Å². The number of hydrogen-bond acceptors (Lipinski definition) is 3. The van der Waals surface area contributed by atoms with Crippen LogP contribution in [0.5, 0.6) is 0 Å². The Morgan fingerprint density at radius 3 is 2.67 bits per heavy atom. The summed E-state index contributed by atoms with van der Waals surface area (Å²) in [5.41, 5.74) is 4.24. The topological polar surface area (TPSA) is 32.8 Å². The minimum Gasteiger partial charge on any atom is -0.378 e. The maximum absolute atomic E-state index is 12.8. The van der Waals surface area contributed by atoms with Gasteiger partial charge in [-0.1, -0.05) is 22.0 Å². The molecule has 0 atom stereocenters. The van der Waals surface area contributed by atoms with E-state index < -0.39 is 0 Å². The lowest BCUT2D eigenvalue weighted by molar-refractivity contribution is 0.0989. The van der Waals surface area contributed by atoms with Crippen molar-refractivity contribution < 1.29 is 9.53 Å². The van der Waals surface area contributed by atoms with Gasteiger partial charge in [0.1, 0.15) is 0 Å². The summed E-state index contributed by atoms with van der Waals surface area (Å²) in [6.45, 7) is 4.17. The van der Waals surface area contributed by atoms with Crippen LogP contribution in [0.1, 0.15) is 15.9 Å². The third kappa shape index (κ3) is 2.94. The first kappa shape index (κ1) is 15.7. The zero-order chi connectivity index (χ0) is 16.5. The average molecular weight is 387 g/mol. The Morgan fingerprint density at radius 1 is 1.04 bits per heavy atom. The molecule has 2 aliphatic heterocycles. The van der Waals surface area contributed by atoms with Gasteiger partial charge in [0.2, 0.25) is 0 Å². The third-order valence-corrected chi connectivity index (χ3v) is 5.14. The smallest absolute Gasteiger partial charge is 0.258 e. The lowest BCUT2D eigenvalue weighted by atomic mass is 10.1. The first-order chi connectivity index (χ1) is 11.7. The quantitative estimate of drug-likeness (QED) is 0.791. The zero-order valence-electron chi connectivity index (χ0n) is 13.4. The van der Waals surface area contributed by atoms with Crippen molar-refractivity contribution in [1.29, 1.82) is 0 Å². The van der Waals surface area contributed by atoms with Crippen LogP contribution in [0, 0.1) is 0 Å². The van der Waals surface area contributed by atoms with Gasteiger partial charge >= 0.3 is 0 Å². The molecule has 5 heteroatoms. The van der Waals surface area contributed by atoms with Crippen LogP contribution >= 0.6 is 15.9 Å². The highest BCUT2D eigenvalue weighted by atomic mass is 79.9. The van der Waals surface area contributed by atoms with E-state index in [-0.39, 0.29) is 5.91 Å². The molecule has 0 N–H and O–H groups in total. The molecule has 0 aliphatic carbocycles. The summed E-state index contributed by atoms with van der Waals surface area (Å²) in [6, 6.07) is 14.0. The van der Waals surface area contributed by atoms with Crippen LogP contribution in [-0.4, -0.2) is 38.8 Å². The van der Waals surface area contributed by atoms with Crippen molar-refractivity contribution >= 4 is 33.2 Å². The maximum Gasteiger partial charge on any atom is 0.258 e. The highest BCUT2D eigenvalue weighted by Gasteiger charge is 2.26. The van der Waals surface area contributed by atoms with E-state index in [9.17, 15) is 4.79 Å². The molecule has 2 aromatic rings. The molecule has 0 saturated carbocycles. The third-order valence-electron chi connectivity index (χ3n) is 4.65. The van der Waals surface area contributed by atoms with Crippen LogP contribution in [-0.2, 0) is 11.2 Å². The van der Waals surface area contributed by atoms with Crippen LogP contribution in [0.4, 0.5) is 11.4 Å². The number of rotatable bonds is 2. The fourth-order valence-electron chi connectivity index (χ4n) is 3.39. The number of morpholine rings is 1. The first-order valence-electron chi connectivity index (χ1n) is 8.25. The van der Waals surface area contributed by atoms with Gasteiger partial charge in [-0.15, -0.1) is 0 Å². The van der Waals surface area contributed by atoms with Crippen molar-refractivity contribution in [3.8, 4) is 0 Å². The van der Waals surface area contributed by atoms with E-state index >= 15 is 0 Å². The summed E-state index contributed by atoms with van der Waals surface area (Å²) in [7, 11) is 0. The normalized spacial score (nSPS) is 17.0. The molecule has 4 rings (SSSR count). The average Bonchev–Trinajstić information content (AvgIpc) is 3.05. The minimum absolute atomic E-state index is 0.0640. The number of amides is 1. The number of carbonyl (C=O) groups excluding carboxylic acids is 1. The molecule has 0 spiro atoms. The summed E-state index contributed by atoms with van der Waals surface area (Å²) in [5, 5.41) is 0. The highest BCUT2D eigenvalue weighted by molar-refractivity contribution is 9.10. The van der Waals surface area contributed by atoms with E-state index in [1.807, 2.05) is 29.2 Å². The first-order valence-corrected chi connectivity index (χ1v) is 9.05. The van der Waals surface area contributed by atoms with Crippen LogP contribution in [0.3, 0.4) is 0 Å². The number of nitrogens with zero attached hydrogens (tertiary/aromatic N) is 2. The van der Waals surface area contributed by atoms with Gasteiger partial charge in [0.15, 0.2) is 0 Å². The Kier molecular flexibility index (Phi) is 4.29. The molecule has 1 fully saturated rings. The van der Waals surface area contributed by atoms with E-state index in [1.54, 1.807) is 0 Å². The number of fused-ring (bicyclic) bond motifs is 1. The van der Waals surface area contributed by atoms with Gasteiger partial charge in [-0.25, -0.2) is 0 Å². The van der Waals surface area contributed by atoms with Gasteiger partial charge in [-0.05, 0) is 48.4 Å². The second kappa shape index (κ2) is 6.57. The van der Waals surface area contributed by atoms with Gasteiger partial charge < -0.3 is 14.5 Å². The van der Waals surface area contributed by atoms with Crippen LogP contribution in [0.2, 0.25) is 0 Å². The van der Waals surface area contributed by atoms with Crippen molar-refractivity contribution in [3.63, 3.8) is 0 Å². The second-order valence-corrected chi connectivity index (χ2v) is 7.05. The van der Waals surface area contributed by atoms with Gasteiger partial charge in [0, 0.05) is 41.0 Å². The number of anilines is 2. The summed E-state index contributed by atoms with van der Waals surface area (Å²) >= 11 is 3.44. The Morgan fingerprint density at radius 2 is 1.88 bits per heavy atom. The molecule has 2 aliphatic rings. The Hall–Kier alpha value is -1.85. The van der Waals surface area contributed by atoms with E-state index in [0.717, 1.165) is 55.0 Å². The predicted molar refractivity (Wildman–Crippen MR) is 99.0 cm³/mol. The molecule has 2 aromatic carbocycles. The van der Waals surface area contributed by atoms with E-state index in [2.05, 4.69) is 39.0 Å². The van der Waals surface area contributed by atoms with Crippen LogP contribution in [0.15, 0.2) is 46.9 Å². The molecule has 1 amide bonds. The van der Waals surface area contributed by atoms with Crippen molar-refractivity contribution in [2.75, 3.05) is 42.6 Å². The SMILES string of the molecule is O=C(c1cccc(Br)c1)N1CCc2cc(N3CCOCC3)ccc21. The van der Waals surface area contributed by atoms with Gasteiger partial charge in [-0.3, -0.25) is 4.79 Å². The van der Waals surface area contributed by atoms with Crippen LogP contribution < -0.4 is 9.80 Å². The van der Waals surface area contributed by atoms with Crippen LogP contribution in [0.25, 0.3) is 0 Å². The van der Waals surface area contributed by atoms with Crippen molar-refractivity contribution in [2.24, 2.45) is 0 Å². The van der Waals surface area contributed by atoms with E-state index in [1.165, 1.54) is 11.3 Å². The van der Waals surface area contributed by atoms with Gasteiger partial charge in [-0.2, -0.15) is 0 Å². The Bertz CT molecular complexity index is 772. The summed E-state index contributed by atoms with van der Waals surface area (Å²) in [5.74, 6) is 0.0640. The van der Waals surface area contributed by atoms with Crippen molar-refractivity contribution in [2.45, 2.75) is 6.42 Å². The fourth-order valence-corrected chi connectivity index (χ4v) is 3.79. The van der Waals surface area contributed by atoms with Crippen molar-refractivity contribution in [3.05, 3.63) is 58.1 Å². The fraction of sp³-hybridized carbons (Fsp3) is 0.316. The number of carbonyl (C=O) groups is 1. The molecule has 2 heterocycles. The molecule has 0 aromatic heterocycles. The number of hydrogen-bond donors (Lipinski definition) is 0. The highest BCUT2D eigenvalue weighted by Crippen LogP contribution is 2.33. The lowest BCUT2D eigenvalue weighted by Gasteiger charge is -2.29. The van der Waals surface area contributed by atoms with E-state index in [0.29, 0.717) is 0 Å². The molecule has 0 unspecified atom stereocenters. The minimum atomic E-state index is 0.0640. The van der Waals surface area contributed by atoms with E-state index in [4.69, 9.17) is 4.74 Å². The van der Waals surface area contributed by atoms with Crippen molar-refractivity contribution in [1.82, 2.24) is 0 Å². The monoisotopic (exact) mass is 386 g/mol. The number of halogens is 1. The standard InChI is InChI=1S/C19H19BrN2O2/c20-16-3-1-2-15(12-16)19(23)22-7-6-14-13-17(4-5-18(14)22)21-8-10-24-11-9-21/h1-5,12-13H,6-11H2. The molecule has 124 valence electrons. The number of ether oxygens (including phenoxy) is 1. The second-order valence-electron chi connectivity index (χ2n) is 6.13. The molecule has 4 nitrogen and oxygen atoms in total. The Labute approximate surface area is 150 Å². The summed E-state index contributed by atoms with van der Waals surface area (Å²) in [6.07, 6.45) is 0.910. The summed E-state index contributed by atoms with van der Waals surface area (Å²) < 4.78 is 6.35. The van der Waals surface area contributed by atoms with Gasteiger partial charge in [0.05, 0.1) is 13.2 Å². The maximum atomic E-state index is 12.8. The molecular weight excluding hydrogens is 368 g/mol. The molecular formula is C19H19BrN2O2. The largest absolute Gasteiger partial charge is 0.378 e. The molecule has 0 radical (unpaired) electrons. The number of benzene rings is 2. The predicted octanol–water partition coefficient (Wildman–Crippen LogP) is 3.49. The molecule has 1 saturated heterocycles. The Balaban J connectivity index is 1.59.